The van der Waals surface area contributed by atoms with Crippen LogP contribution >= 0.6 is 0 Å². The van der Waals surface area contributed by atoms with Gasteiger partial charge in [-0.05, 0) is 12.5 Å². The maximum atomic E-state index is 14.0. The summed E-state index contributed by atoms with van der Waals surface area (Å²) in [4.78, 5) is 36.0. The summed E-state index contributed by atoms with van der Waals surface area (Å²) in [7, 11) is 0. The molecule has 0 spiro atoms. The Labute approximate surface area is 137 Å². The Hall–Kier alpha value is -2.51. The summed E-state index contributed by atoms with van der Waals surface area (Å²) >= 11 is 0. The van der Waals surface area contributed by atoms with Gasteiger partial charge in [-0.15, -0.1) is 0 Å². The normalized spacial score (nSPS) is 18.3. The Balaban J connectivity index is 2.13. The number of benzene rings is 1. The number of nitrogens with one attached hydrogen (secondary N) is 1. The van der Waals surface area contributed by atoms with Crippen molar-refractivity contribution in [1.29, 1.82) is 0 Å². The van der Waals surface area contributed by atoms with Crippen LogP contribution in [0.25, 0.3) is 0 Å². The summed E-state index contributed by atoms with van der Waals surface area (Å²) in [5.41, 5.74) is 0.00827. The van der Waals surface area contributed by atoms with E-state index in [2.05, 4.69) is 5.32 Å². The van der Waals surface area contributed by atoms with E-state index >= 15 is 0 Å². The van der Waals surface area contributed by atoms with E-state index in [0.29, 0.717) is 19.0 Å². The van der Waals surface area contributed by atoms with E-state index in [0.717, 1.165) is 6.07 Å². The van der Waals surface area contributed by atoms with E-state index in [4.69, 9.17) is 5.11 Å². The monoisotopic (exact) mass is 340 g/mol. The molecule has 1 heterocycles. The van der Waals surface area contributed by atoms with Gasteiger partial charge in [-0.1, -0.05) is 6.07 Å². The van der Waals surface area contributed by atoms with Crippen LogP contribution in [0.3, 0.4) is 0 Å². The van der Waals surface area contributed by atoms with Crippen LogP contribution in [-0.2, 0) is 14.4 Å². The minimum atomic E-state index is -0.965. The fourth-order valence-electron chi connectivity index (χ4n) is 2.76. The van der Waals surface area contributed by atoms with Gasteiger partial charge in [-0.3, -0.25) is 14.4 Å². The van der Waals surface area contributed by atoms with Crippen molar-refractivity contribution in [2.24, 2.45) is 5.92 Å². The van der Waals surface area contributed by atoms with Crippen LogP contribution in [0.5, 0.6) is 0 Å². The first-order valence-electron chi connectivity index (χ1n) is 7.50. The number of carbonyl (C=O) groups excluding carboxylic acids is 2. The quantitative estimate of drug-likeness (QED) is 0.850. The van der Waals surface area contributed by atoms with Crippen LogP contribution in [0.2, 0.25) is 0 Å². The van der Waals surface area contributed by atoms with Crippen LogP contribution < -0.4 is 5.32 Å². The van der Waals surface area contributed by atoms with E-state index in [1.807, 2.05) is 0 Å². The van der Waals surface area contributed by atoms with Crippen LogP contribution in [0.4, 0.5) is 8.78 Å². The van der Waals surface area contributed by atoms with E-state index in [-0.39, 0.29) is 24.4 Å². The minimum Gasteiger partial charge on any atom is -0.481 e. The number of rotatable bonds is 5. The number of carboxylic acid groups (broad SMARTS) is 1. The van der Waals surface area contributed by atoms with Crippen molar-refractivity contribution in [2.45, 2.75) is 25.8 Å². The molecule has 0 saturated carbocycles. The zero-order valence-corrected chi connectivity index (χ0v) is 13.1. The van der Waals surface area contributed by atoms with Gasteiger partial charge in [0.05, 0.1) is 18.4 Å². The first-order chi connectivity index (χ1) is 11.3. The third kappa shape index (κ3) is 4.27. The molecule has 0 aromatic heterocycles. The van der Waals surface area contributed by atoms with Crippen molar-refractivity contribution in [3.05, 3.63) is 35.4 Å². The van der Waals surface area contributed by atoms with Gasteiger partial charge in [0.25, 0.3) is 0 Å². The Morgan fingerprint density at radius 2 is 2.08 bits per heavy atom. The number of hydrogen-bond donors (Lipinski definition) is 2. The van der Waals surface area contributed by atoms with Crippen molar-refractivity contribution in [2.75, 3.05) is 13.1 Å². The predicted octanol–water partition coefficient (Wildman–Crippen LogP) is 1.47. The van der Waals surface area contributed by atoms with Crippen LogP contribution in [0.1, 0.15) is 31.4 Å². The van der Waals surface area contributed by atoms with Gasteiger partial charge in [-0.25, -0.2) is 8.78 Å². The van der Waals surface area contributed by atoms with Crippen LogP contribution in [-0.4, -0.2) is 40.9 Å². The lowest BCUT2D eigenvalue weighted by atomic mass is 10.0. The Morgan fingerprint density at radius 3 is 2.62 bits per heavy atom. The first-order valence-corrected chi connectivity index (χ1v) is 7.50. The molecule has 2 amide bonds. The number of likely N-dealkylation sites (tertiary alicyclic amines) is 1. The number of nitrogens with zero attached hydrogens (tertiary/aromatic N) is 1. The summed E-state index contributed by atoms with van der Waals surface area (Å²) in [5, 5.41) is 11.5. The molecule has 1 aliphatic heterocycles. The topological polar surface area (TPSA) is 86.7 Å². The van der Waals surface area contributed by atoms with E-state index in [1.165, 1.54) is 17.9 Å². The molecule has 24 heavy (non-hydrogen) atoms. The number of hydrogen-bond acceptors (Lipinski definition) is 3. The van der Waals surface area contributed by atoms with Gasteiger partial charge >= 0.3 is 5.97 Å². The van der Waals surface area contributed by atoms with Gasteiger partial charge in [0.2, 0.25) is 11.8 Å². The van der Waals surface area contributed by atoms with Gasteiger partial charge < -0.3 is 15.3 Å². The minimum absolute atomic E-state index is 0.00827. The lowest BCUT2D eigenvalue weighted by molar-refractivity contribution is -0.141. The number of halogens is 2. The van der Waals surface area contributed by atoms with Crippen molar-refractivity contribution < 1.29 is 28.3 Å². The molecule has 0 aliphatic carbocycles. The number of amides is 2. The summed E-state index contributed by atoms with van der Waals surface area (Å²) in [6.45, 7) is 1.62. The first kappa shape index (κ1) is 17.8. The smallest absolute Gasteiger partial charge is 0.308 e. The molecule has 1 saturated heterocycles. The summed E-state index contributed by atoms with van der Waals surface area (Å²) in [6.07, 6.45) is 0.130. The molecule has 1 aliphatic rings. The highest BCUT2D eigenvalue weighted by molar-refractivity contribution is 5.80. The molecule has 0 unspecified atom stereocenters. The molecule has 2 N–H and O–H groups in total. The Bertz CT molecular complexity index is 665. The van der Waals surface area contributed by atoms with E-state index < -0.39 is 35.5 Å². The summed E-state index contributed by atoms with van der Waals surface area (Å²) in [6, 6.07) is 1.97. The van der Waals surface area contributed by atoms with Crippen LogP contribution in [0, 0.1) is 17.6 Å². The van der Waals surface area contributed by atoms with Gasteiger partial charge in [-0.2, -0.15) is 0 Å². The zero-order chi connectivity index (χ0) is 17.9. The molecular formula is C16H18F2N2O4. The SMILES string of the molecule is CC(=O)N[C@@H](CC(=O)N1CC[C@@H](C(=O)O)C1)c1ccc(F)cc1F. The highest BCUT2D eigenvalue weighted by Gasteiger charge is 2.32. The second-order valence-electron chi connectivity index (χ2n) is 5.79. The lowest BCUT2D eigenvalue weighted by Crippen LogP contribution is -2.35. The molecule has 0 radical (unpaired) electrons. The van der Waals surface area contributed by atoms with Crippen molar-refractivity contribution >= 4 is 17.8 Å². The summed E-state index contributed by atoms with van der Waals surface area (Å²) < 4.78 is 27.0. The molecule has 1 aromatic carbocycles. The fourth-order valence-corrected chi connectivity index (χ4v) is 2.76. The lowest BCUT2D eigenvalue weighted by Gasteiger charge is -2.22. The van der Waals surface area contributed by atoms with Crippen molar-refractivity contribution in [3.63, 3.8) is 0 Å². The summed E-state index contributed by atoms with van der Waals surface area (Å²) in [5.74, 6) is -4.04. The molecular weight excluding hydrogens is 322 g/mol. The zero-order valence-electron chi connectivity index (χ0n) is 13.1. The largest absolute Gasteiger partial charge is 0.481 e. The molecule has 1 fully saturated rings. The third-order valence-corrected chi connectivity index (χ3v) is 3.98. The van der Waals surface area contributed by atoms with Gasteiger partial charge in [0, 0.05) is 31.6 Å². The molecule has 6 nitrogen and oxygen atoms in total. The number of aliphatic carboxylic acids is 1. The number of carbonyl (C=O) groups is 3. The standard InChI is InChI=1S/C16H18F2N2O4/c1-9(21)19-14(12-3-2-11(17)6-13(12)18)7-15(22)20-5-4-10(8-20)16(23)24/h2-3,6,10,14H,4-5,7-8H2,1H3,(H,19,21)(H,23,24)/t10-,14+/m1/s1. The predicted molar refractivity (Wildman–Crippen MR) is 79.9 cm³/mol. The Kier molecular flexibility index (Phi) is 5.48. The Morgan fingerprint density at radius 1 is 1.38 bits per heavy atom. The highest BCUT2D eigenvalue weighted by atomic mass is 19.1. The molecule has 2 rings (SSSR count). The molecule has 0 bridgehead atoms. The van der Waals surface area contributed by atoms with Gasteiger partial charge in [0.15, 0.2) is 0 Å². The van der Waals surface area contributed by atoms with Crippen molar-refractivity contribution in [1.82, 2.24) is 10.2 Å². The van der Waals surface area contributed by atoms with E-state index in [1.54, 1.807) is 0 Å². The second kappa shape index (κ2) is 7.37. The van der Waals surface area contributed by atoms with Gasteiger partial charge in [0.1, 0.15) is 11.6 Å². The van der Waals surface area contributed by atoms with Crippen LogP contribution in [0.15, 0.2) is 18.2 Å². The average Bonchev–Trinajstić information content (AvgIpc) is 2.96. The van der Waals surface area contributed by atoms with E-state index in [9.17, 15) is 23.2 Å². The fraction of sp³-hybridized carbons (Fsp3) is 0.438. The highest BCUT2D eigenvalue weighted by Crippen LogP contribution is 2.24. The molecule has 2 atom stereocenters. The molecule has 1 aromatic rings. The third-order valence-electron chi connectivity index (χ3n) is 3.98. The maximum absolute atomic E-state index is 14.0. The number of carboxylic acids is 1. The van der Waals surface area contributed by atoms with Crippen molar-refractivity contribution in [3.8, 4) is 0 Å². The second-order valence-corrected chi connectivity index (χ2v) is 5.79. The molecule has 8 heteroatoms. The molecule has 130 valence electrons. The maximum Gasteiger partial charge on any atom is 0.308 e. The average molecular weight is 340 g/mol.